The molecule has 0 atom stereocenters. The van der Waals surface area contributed by atoms with Crippen molar-refractivity contribution in [3.8, 4) is 0 Å². The van der Waals surface area contributed by atoms with E-state index in [0.717, 1.165) is 32.2 Å². The highest BCUT2D eigenvalue weighted by Gasteiger charge is 2.34. The van der Waals surface area contributed by atoms with Gasteiger partial charge in [0, 0.05) is 45.3 Å². The van der Waals surface area contributed by atoms with Gasteiger partial charge in [0.2, 0.25) is 0 Å². The molecule has 0 saturated carbocycles. The summed E-state index contributed by atoms with van der Waals surface area (Å²) in [5.74, 6) is -0.867. The molecule has 3 amide bonds. The van der Waals surface area contributed by atoms with E-state index in [4.69, 9.17) is 0 Å². The molecule has 1 aliphatic rings. The second-order valence-corrected chi connectivity index (χ2v) is 10.1. The summed E-state index contributed by atoms with van der Waals surface area (Å²) in [5, 5.41) is 1.50. The maximum absolute atomic E-state index is 13.7. The standard InChI is InChI=1S/C30H25BrN2O3/c1-18-6-4-7-21(17-18)28(34)32(26-13-10-19(2)16-20(26)3)14-15-33-29(35)23-9-5-8-22-25(31)12-11-24(27(22)23)30(33)36/h4-13,16-17H,14-15H2,1-3H3. The molecule has 0 radical (unpaired) electrons. The SMILES string of the molecule is Cc1cccc(C(=O)N(CCN2C(=O)c3cccc4c(Br)ccc(c34)C2=O)c2ccc(C)cc2C)c1. The zero-order chi connectivity index (χ0) is 25.6. The van der Waals surface area contributed by atoms with Crippen LogP contribution in [0.15, 0.2) is 77.3 Å². The molecule has 0 spiro atoms. The van der Waals surface area contributed by atoms with Crippen molar-refractivity contribution in [2.45, 2.75) is 20.8 Å². The molecule has 180 valence electrons. The van der Waals surface area contributed by atoms with Crippen LogP contribution >= 0.6 is 15.9 Å². The van der Waals surface area contributed by atoms with Crippen molar-refractivity contribution < 1.29 is 14.4 Å². The monoisotopic (exact) mass is 540 g/mol. The summed E-state index contributed by atoms with van der Waals surface area (Å²) in [6, 6.07) is 22.4. The van der Waals surface area contributed by atoms with E-state index < -0.39 is 0 Å². The van der Waals surface area contributed by atoms with Gasteiger partial charge in [-0.15, -0.1) is 0 Å². The van der Waals surface area contributed by atoms with Gasteiger partial charge < -0.3 is 4.90 Å². The lowest BCUT2D eigenvalue weighted by Gasteiger charge is -2.31. The lowest BCUT2D eigenvalue weighted by atomic mass is 9.94. The first-order chi connectivity index (χ1) is 17.3. The predicted octanol–water partition coefficient (Wildman–Crippen LogP) is 6.47. The smallest absolute Gasteiger partial charge is 0.261 e. The number of imide groups is 1. The van der Waals surface area contributed by atoms with Crippen LogP contribution in [0.25, 0.3) is 10.8 Å². The summed E-state index contributed by atoms with van der Waals surface area (Å²) in [5.41, 5.74) is 5.34. The molecule has 36 heavy (non-hydrogen) atoms. The van der Waals surface area contributed by atoms with E-state index in [1.54, 1.807) is 23.1 Å². The maximum Gasteiger partial charge on any atom is 0.261 e. The van der Waals surface area contributed by atoms with Crippen molar-refractivity contribution in [3.05, 3.63) is 111 Å². The Bertz CT molecular complexity index is 1540. The largest absolute Gasteiger partial charge is 0.306 e. The first-order valence-electron chi connectivity index (χ1n) is 11.8. The molecule has 0 aliphatic carbocycles. The normalized spacial score (nSPS) is 12.8. The van der Waals surface area contributed by atoms with Gasteiger partial charge in [0.25, 0.3) is 17.7 Å². The molecule has 0 aromatic heterocycles. The van der Waals surface area contributed by atoms with Crippen molar-refractivity contribution >= 4 is 50.1 Å². The zero-order valence-electron chi connectivity index (χ0n) is 20.3. The Hall–Kier alpha value is -3.77. The number of halogens is 1. The Labute approximate surface area is 218 Å². The fraction of sp³-hybridized carbons (Fsp3) is 0.167. The summed E-state index contributed by atoms with van der Waals surface area (Å²) in [7, 11) is 0. The molecule has 5 nitrogen and oxygen atoms in total. The molecule has 0 saturated heterocycles. The van der Waals surface area contributed by atoms with Crippen molar-refractivity contribution in [3.63, 3.8) is 0 Å². The zero-order valence-corrected chi connectivity index (χ0v) is 21.9. The minimum Gasteiger partial charge on any atom is -0.306 e. The lowest BCUT2D eigenvalue weighted by Crippen LogP contribution is -2.46. The molecular weight excluding hydrogens is 516 g/mol. The van der Waals surface area contributed by atoms with Crippen molar-refractivity contribution in [1.29, 1.82) is 0 Å². The quantitative estimate of drug-likeness (QED) is 0.272. The molecule has 6 heteroatoms. The van der Waals surface area contributed by atoms with Crippen LogP contribution < -0.4 is 4.90 Å². The van der Waals surface area contributed by atoms with E-state index in [1.165, 1.54) is 4.90 Å². The third kappa shape index (κ3) is 4.11. The molecule has 4 aromatic rings. The van der Waals surface area contributed by atoms with E-state index in [2.05, 4.69) is 15.9 Å². The Morgan fingerprint density at radius 3 is 2.25 bits per heavy atom. The van der Waals surface area contributed by atoms with Crippen molar-refractivity contribution in [1.82, 2.24) is 4.90 Å². The van der Waals surface area contributed by atoms with Gasteiger partial charge in [-0.05, 0) is 68.1 Å². The van der Waals surface area contributed by atoms with Crippen molar-refractivity contribution in [2.75, 3.05) is 18.0 Å². The van der Waals surface area contributed by atoms with Gasteiger partial charge in [0.1, 0.15) is 0 Å². The Morgan fingerprint density at radius 2 is 1.53 bits per heavy atom. The number of benzene rings is 4. The summed E-state index contributed by atoms with van der Waals surface area (Å²) in [4.78, 5) is 43.5. The Morgan fingerprint density at radius 1 is 0.833 bits per heavy atom. The minimum absolute atomic E-state index is 0.0778. The molecule has 0 N–H and O–H groups in total. The summed E-state index contributed by atoms with van der Waals surface area (Å²) >= 11 is 3.52. The number of nitrogens with zero attached hydrogens (tertiary/aromatic N) is 2. The van der Waals surface area contributed by atoms with Crippen LogP contribution in [0.2, 0.25) is 0 Å². The van der Waals surface area contributed by atoms with Gasteiger partial charge in [0.15, 0.2) is 0 Å². The Balaban J connectivity index is 1.51. The molecule has 5 rings (SSSR count). The average molecular weight is 541 g/mol. The van der Waals surface area contributed by atoms with E-state index in [-0.39, 0.29) is 30.8 Å². The van der Waals surface area contributed by atoms with Crippen molar-refractivity contribution in [2.24, 2.45) is 0 Å². The highest BCUT2D eigenvalue weighted by Crippen LogP contribution is 2.34. The number of anilines is 1. The fourth-order valence-electron chi connectivity index (χ4n) is 4.89. The fourth-order valence-corrected chi connectivity index (χ4v) is 5.35. The van der Waals surface area contributed by atoms with Crippen LogP contribution in [0.1, 0.15) is 47.8 Å². The van der Waals surface area contributed by atoms with E-state index in [9.17, 15) is 14.4 Å². The summed E-state index contributed by atoms with van der Waals surface area (Å²) in [6.45, 7) is 6.17. The topological polar surface area (TPSA) is 57.7 Å². The third-order valence-corrected chi connectivity index (χ3v) is 7.33. The number of amides is 3. The number of rotatable bonds is 5. The summed E-state index contributed by atoms with van der Waals surface area (Å²) < 4.78 is 0.835. The predicted molar refractivity (Wildman–Crippen MR) is 146 cm³/mol. The number of hydrogen-bond acceptors (Lipinski definition) is 3. The minimum atomic E-state index is -0.347. The molecule has 0 bridgehead atoms. The van der Waals surface area contributed by atoms with Gasteiger partial charge in [0.05, 0.1) is 0 Å². The van der Waals surface area contributed by atoms with Gasteiger partial charge >= 0.3 is 0 Å². The molecular formula is C30H25BrN2O3. The van der Waals surface area contributed by atoms with Crippen LogP contribution in [0.3, 0.4) is 0 Å². The average Bonchev–Trinajstić information content (AvgIpc) is 2.86. The number of aryl methyl sites for hydroxylation is 3. The molecule has 1 aliphatic heterocycles. The highest BCUT2D eigenvalue weighted by molar-refractivity contribution is 9.10. The second kappa shape index (κ2) is 9.36. The van der Waals surface area contributed by atoms with E-state index >= 15 is 0 Å². The first kappa shape index (κ1) is 23.9. The number of carbonyl (C=O) groups excluding carboxylic acids is 3. The van der Waals surface area contributed by atoms with Crippen LogP contribution in [-0.4, -0.2) is 35.7 Å². The third-order valence-electron chi connectivity index (χ3n) is 6.64. The van der Waals surface area contributed by atoms with Gasteiger partial charge in [-0.25, -0.2) is 0 Å². The Kier molecular flexibility index (Phi) is 6.22. The molecule has 1 heterocycles. The molecule has 4 aromatic carbocycles. The molecule has 0 unspecified atom stereocenters. The van der Waals surface area contributed by atoms with Gasteiger partial charge in [-0.3, -0.25) is 19.3 Å². The highest BCUT2D eigenvalue weighted by atomic mass is 79.9. The van der Waals surface area contributed by atoms with E-state index in [0.29, 0.717) is 22.1 Å². The van der Waals surface area contributed by atoms with E-state index in [1.807, 2.05) is 75.4 Å². The van der Waals surface area contributed by atoms with Crippen LogP contribution in [0.5, 0.6) is 0 Å². The number of hydrogen-bond donors (Lipinski definition) is 0. The lowest BCUT2D eigenvalue weighted by molar-refractivity contribution is 0.0611. The van der Waals surface area contributed by atoms with Gasteiger partial charge in [-0.2, -0.15) is 0 Å². The molecule has 0 fully saturated rings. The van der Waals surface area contributed by atoms with Gasteiger partial charge in [-0.1, -0.05) is 63.5 Å². The summed E-state index contributed by atoms with van der Waals surface area (Å²) in [6.07, 6.45) is 0. The second-order valence-electron chi connectivity index (χ2n) is 9.20. The van der Waals surface area contributed by atoms with Crippen LogP contribution in [0.4, 0.5) is 5.69 Å². The number of carbonyl (C=O) groups is 3. The van der Waals surface area contributed by atoms with Crippen LogP contribution in [-0.2, 0) is 0 Å². The first-order valence-corrected chi connectivity index (χ1v) is 12.6. The van der Waals surface area contributed by atoms with Crippen LogP contribution in [0, 0.1) is 20.8 Å². The maximum atomic E-state index is 13.7.